The van der Waals surface area contributed by atoms with Crippen LogP contribution in [0.5, 0.6) is 5.88 Å². The molecular formula is C20H20F4N2O6. The van der Waals surface area contributed by atoms with Crippen molar-refractivity contribution in [2.45, 2.75) is 44.2 Å². The first-order chi connectivity index (χ1) is 15.1. The molecule has 0 aliphatic carbocycles. The Morgan fingerprint density at radius 2 is 2.03 bits per heavy atom. The molecule has 2 saturated heterocycles. The molecule has 0 aromatic carbocycles. The molecule has 0 radical (unpaired) electrons. The number of carbonyl (C=O) groups is 2. The standard InChI is InChI=1S/C18H19FN2O4.C2HF3O2/c1-11-12(6-9-23-11)18(22)21-10-15(16-14(21)5-3-8-24-16)25-17-13(19)4-2-7-20-17;3-2(4,5)1(6)7/h2,4,6-7,9,14-16H,3,5,8,10H2,1H3;(H,6,7)/t14-,15+,16+;/m1./s1. The highest BCUT2D eigenvalue weighted by Crippen LogP contribution is 2.33. The Bertz CT molecular complexity index is 964. The number of hydrogen-bond donors (Lipinski definition) is 1. The van der Waals surface area contributed by atoms with Gasteiger partial charge < -0.3 is 23.9 Å². The van der Waals surface area contributed by atoms with Gasteiger partial charge in [-0.2, -0.15) is 13.2 Å². The highest BCUT2D eigenvalue weighted by Gasteiger charge is 2.48. The summed E-state index contributed by atoms with van der Waals surface area (Å²) in [4.78, 5) is 27.5. The SMILES string of the molecule is Cc1occc1C(=O)N1C[C@H](Oc2ncccc2F)[C@H]2OCCC[C@H]21.O=C(O)C(F)(F)F. The van der Waals surface area contributed by atoms with E-state index in [4.69, 9.17) is 23.8 Å². The van der Waals surface area contributed by atoms with E-state index < -0.39 is 24.1 Å². The molecule has 4 rings (SSSR count). The number of carbonyl (C=O) groups excluding carboxylic acids is 1. The third-order valence-corrected chi connectivity index (χ3v) is 5.06. The van der Waals surface area contributed by atoms with Crippen molar-refractivity contribution in [3.63, 3.8) is 0 Å². The third-order valence-electron chi connectivity index (χ3n) is 5.06. The third kappa shape index (κ3) is 5.18. The zero-order chi connectivity index (χ0) is 23.5. The number of aromatic nitrogens is 1. The Labute approximate surface area is 179 Å². The molecule has 2 fully saturated rings. The molecule has 4 heterocycles. The maximum Gasteiger partial charge on any atom is 0.490 e. The fourth-order valence-electron chi connectivity index (χ4n) is 3.61. The van der Waals surface area contributed by atoms with E-state index in [0.29, 0.717) is 24.5 Å². The van der Waals surface area contributed by atoms with Crippen LogP contribution in [-0.4, -0.2) is 64.4 Å². The fourth-order valence-corrected chi connectivity index (χ4v) is 3.61. The van der Waals surface area contributed by atoms with Gasteiger partial charge in [0, 0.05) is 12.8 Å². The van der Waals surface area contributed by atoms with Crippen molar-refractivity contribution < 1.29 is 46.1 Å². The molecule has 12 heteroatoms. The van der Waals surface area contributed by atoms with E-state index in [-0.39, 0.29) is 23.9 Å². The van der Waals surface area contributed by atoms with Gasteiger partial charge in [0.1, 0.15) is 18.0 Å². The highest BCUT2D eigenvalue weighted by atomic mass is 19.4. The van der Waals surface area contributed by atoms with Crippen LogP contribution < -0.4 is 4.74 Å². The van der Waals surface area contributed by atoms with Gasteiger partial charge in [0.15, 0.2) is 5.82 Å². The number of carboxylic acids is 1. The second kappa shape index (κ2) is 9.55. The molecule has 1 N–H and O–H groups in total. The number of fused-ring (bicyclic) bond motifs is 1. The number of hydrogen-bond acceptors (Lipinski definition) is 6. The molecule has 0 bridgehead atoms. The number of furan rings is 1. The van der Waals surface area contributed by atoms with Crippen LogP contribution >= 0.6 is 0 Å². The minimum Gasteiger partial charge on any atom is -0.475 e. The van der Waals surface area contributed by atoms with Gasteiger partial charge in [0.25, 0.3) is 11.8 Å². The van der Waals surface area contributed by atoms with Crippen molar-refractivity contribution in [2.24, 2.45) is 0 Å². The molecule has 32 heavy (non-hydrogen) atoms. The Hall–Kier alpha value is -3.15. The van der Waals surface area contributed by atoms with Crippen LogP contribution in [0, 0.1) is 12.7 Å². The topological polar surface area (TPSA) is 102 Å². The van der Waals surface area contributed by atoms with Crippen molar-refractivity contribution in [1.82, 2.24) is 9.88 Å². The summed E-state index contributed by atoms with van der Waals surface area (Å²) in [5, 5.41) is 7.12. The lowest BCUT2D eigenvalue weighted by Gasteiger charge is -2.31. The van der Waals surface area contributed by atoms with E-state index in [1.54, 1.807) is 17.9 Å². The molecule has 8 nitrogen and oxygen atoms in total. The van der Waals surface area contributed by atoms with Crippen molar-refractivity contribution in [2.75, 3.05) is 13.2 Å². The predicted molar refractivity (Wildman–Crippen MR) is 99.5 cm³/mol. The summed E-state index contributed by atoms with van der Waals surface area (Å²) in [7, 11) is 0. The van der Waals surface area contributed by atoms with Crippen molar-refractivity contribution >= 4 is 11.9 Å². The molecule has 1 amide bonds. The summed E-state index contributed by atoms with van der Waals surface area (Å²) in [5.41, 5.74) is 0.536. The summed E-state index contributed by atoms with van der Waals surface area (Å²) >= 11 is 0. The number of halogens is 4. The Balaban J connectivity index is 0.000000360. The number of likely N-dealkylation sites (tertiary alicyclic amines) is 1. The molecule has 174 valence electrons. The molecule has 0 saturated carbocycles. The minimum absolute atomic E-state index is 0.0609. The van der Waals surface area contributed by atoms with Gasteiger partial charge in [-0.3, -0.25) is 4.79 Å². The second-order valence-corrected chi connectivity index (χ2v) is 7.14. The van der Waals surface area contributed by atoms with Gasteiger partial charge in [-0.1, -0.05) is 0 Å². The fraction of sp³-hybridized carbons (Fsp3) is 0.450. The number of pyridine rings is 1. The van der Waals surface area contributed by atoms with Gasteiger partial charge in [0.2, 0.25) is 0 Å². The number of rotatable bonds is 3. The molecule has 2 aliphatic rings. The second-order valence-electron chi connectivity index (χ2n) is 7.14. The zero-order valence-electron chi connectivity index (χ0n) is 16.8. The highest BCUT2D eigenvalue weighted by molar-refractivity contribution is 5.95. The molecular weight excluding hydrogens is 440 g/mol. The molecule has 0 spiro atoms. The maximum absolute atomic E-state index is 13.9. The summed E-state index contributed by atoms with van der Waals surface area (Å²) < 4.78 is 62.5. The first-order valence-electron chi connectivity index (χ1n) is 9.63. The first-order valence-corrected chi connectivity index (χ1v) is 9.63. The number of ether oxygens (including phenoxy) is 2. The van der Waals surface area contributed by atoms with Gasteiger partial charge in [0.05, 0.1) is 24.4 Å². The van der Waals surface area contributed by atoms with E-state index in [2.05, 4.69) is 4.98 Å². The van der Waals surface area contributed by atoms with Crippen molar-refractivity contribution in [1.29, 1.82) is 0 Å². The zero-order valence-corrected chi connectivity index (χ0v) is 16.8. The van der Waals surface area contributed by atoms with Crippen LogP contribution in [0.1, 0.15) is 29.0 Å². The van der Waals surface area contributed by atoms with Crippen LogP contribution in [0.2, 0.25) is 0 Å². The van der Waals surface area contributed by atoms with E-state index >= 15 is 0 Å². The predicted octanol–water partition coefficient (Wildman–Crippen LogP) is 3.21. The number of carboxylic acid groups (broad SMARTS) is 1. The van der Waals surface area contributed by atoms with Gasteiger partial charge in [-0.05, 0) is 38.0 Å². The number of alkyl halides is 3. The molecule has 3 atom stereocenters. The van der Waals surface area contributed by atoms with Crippen LogP contribution in [0.15, 0.2) is 35.1 Å². The van der Waals surface area contributed by atoms with Crippen LogP contribution in [0.4, 0.5) is 17.6 Å². The maximum atomic E-state index is 13.9. The first kappa shape index (κ1) is 23.5. The molecule has 2 aromatic heterocycles. The Morgan fingerprint density at radius 3 is 2.62 bits per heavy atom. The average Bonchev–Trinajstić information content (AvgIpc) is 3.33. The van der Waals surface area contributed by atoms with Crippen molar-refractivity contribution in [3.8, 4) is 5.88 Å². The molecule has 2 aliphatic heterocycles. The molecule has 0 unspecified atom stereocenters. The summed E-state index contributed by atoms with van der Waals surface area (Å²) in [5.74, 6) is -2.87. The van der Waals surface area contributed by atoms with Crippen LogP contribution in [-0.2, 0) is 9.53 Å². The molecule has 2 aromatic rings. The van der Waals surface area contributed by atoms with Gasteiger partial charge >= 0.3 is 12.1 Å². The largest absolute Gasteiger partial charge is 0.490 e. The summed E-state index contributed by atoms with van der Waals surface area (Å²) in [6, 6.07) is 4.39. The quantitative estimate of drug-likeness (QED) is 0.702. The van der Waals surface area contributed by atoms with E-state index in [1.165, 1.54) is 24.6 Å². The van der Waals surface area contributed by atoms with Crippen LogP contribution in [0.3, 0.4) is 0 Å². The Morgan fingerprint density at radius 1 is 1.31 bits per heavy atom. The van der Waals surface area contributed by atoms with Gasteiger partial charge in [-0.15, -0.1) is 0 Å². The average molecular weight is 460 g/mol. The lowest BCUT2D eigenvalue weighted by atomic mass is 10.0. The smallest absolute Gasteiger partial charge is 0.475 e. The van der Waals surface area contributed by atoms with Crippen LogP contribution in [0.25, 0.3) is 0 Å². The lowest BCUT2D eigenvalue weighted by molar-refractivity contribution is -0.192. The van der Waals surface area contributed by atoms with Gasteiger partial charge in [-0.25, -0.2) is 14.2 Å². The van der Waals surface area contributed by atoms with Crippen molar-refractivity contribution in [3.05, 3.63) is 47.8 Å². The van der Waals surface area contributed by atoms with E-state index in [0.717, 1.165) is 12.8 Å². The Kier molecular flexibility index (Phi) is 7.02. The lowest BCUT2D eigenvalue weighted by Crippen LogP contribution is -2.44. The monoisotopic (exact) mass is 460 g/mol. The van der Waals surface area contributed by atoms with E-state index in [9.17, 15) is 22.4 Å². The summed E-state index contributed by atoms with van der Waals surface area (Å²) in [6.45, 7) is 2.70. The summed E-state index contributed by atoms with van der Waals surface area (Å²) in [6.07, 6.45) is -1.13. The van der Waals surface area contributed by atoms with E-state index in [1.807, 2.05) is 0 Å². The number of amides is 1. The number of aliphatic carboxylic acids is 1. The number of aryl methyl sites for hydroxylation is 1. The minimum atomic E-state index is -5.08. The normalized spacial score (nSPS) is 22.5. The number of nitrogens with zero attached hydrogens (tertiary/aromatic N) is 2.